The van der Waals surface area contributed by atoms with Gasteiger partial charge in [-0.25, -0.2) is 5.43 Å². The van der Waals surface area contributed by atoms with Crippen LogP contribution in [0.15, 0.2) is 77.9 Å². The normalized spacial score (nSPS) is 11.4. The molecule has 1 N–H and O–H groups in total. The Kier molecular flexibility index (Phi) is 4.81. The Balaban J connectivity index is 1.51. The average molecular weight is 370 g/mol. The topological polar surface area (TPSA) is 49.6 Å². The molecule has 0 atom stereocenters. The molecule has 140 valence electrons. The number of hydrogen-bond acceptors (Lipinski definition) is 3. The Labute approximate surface area is 163 Å². The van der Waals surface area contributed by atoms with Crippen molar-refractivity contribution in [3.8, 4) is 0 Å². The van der Waals surface area contributed by atoms with E-state index in [1.54, 1.807) is 6.21 Å². The molecule has 0 radical (unpaired) electrons. The van der Waals surface area contributed by atoms with Gasteiger partial charge in [0.25, 0.3) is 5.91 Å². The number of aromatic nitrogens is 1. The molecule has 1 heterocycles. The molecule has 0 aliphatic heterocycles. The molecule has 0 saturated carbocycles. The van der Waals surface area contributed by atoms with Crippen LogP contribution in [0.3, 0.4) is 0 Å². The van der Waals surface area contributed by atoms with Crippen LogP contribution in [0.4, 0.5) is 5.69 Å². The van der Waals surface area contributed by atoms with Gasteiger partial charge in [-0.3, -0.25) is 4.79 Å². The zero-order valence-corrected chi connectivity index (χ0v) is 16.0. The summed E-state index contributed by atoms with van der Waals surface area (Å²) in [4.78, 5) is 14.5. The van der Waals surface area contributed by atoms with E-state index in [0.29, 0.717) is 0 Å². The molecule has 4 rings (SSSR count). The Morgan fingerprint density at radius 1 is 0.929 bits per heavy atom. The first-order valence-corrected chi connectivity index (χ1v) is 9.19. The van der Waals surface area contributed by atoms with Crippen LogP contribution in [0.2, 0.25) is 0 Å². The lowest BCUT2D eigenvalue weighted by Gasteiger charge is -2.11. The van der Waals surface area contributed by atoms with Gasteiger partial charge in [0.15, 0.2) is 0 Å². The molecular weight excluding hydrogens is 348 g/mol. The lowest BCUT2D eigenvalue weighted by atomic mass is 10.2. The Morgan fingerprint density at radius 3 is 2.07 bits per heavy atom. The number of benzene rings is 3. The third-order valence-electron chi connectivity index (χ3n) is 4.79. The van der Waals surface area contributed by atoms with E-state index in [9.17, 15) is 4.79 Å². The Morgan fingerprint density at radius 2 is 1.50 bits per heavy atom. The highest BCUT2D eigenvalue weighted by molar-refractivity contribution is 6.08. The maximum atomic E-state index is 12.5. The molecule has 0 fully saturated rings. The van der Waals surface area contributed by atoms with Crippen LogP contribution >= 0.6 is 0 Å². The largest absolute Gasteiger partial charge is 0.378 e. The summed E-state index contributed by atoms with van der Waals surface area (Å²) in [5.74, 6) is -0.160. The van der Waals surface area contributed by atoms with Crippen LogP contribution in [0.25, 0.3) is 21.8 Å². The maximum absolute atomic E-state index is 12.5. The van der Waals surface area contributed by atoms with E-state index in [1.807, 2.05) is 84.2 Å². The first-order chi connectivity index (χ1) is 13.6. The quantitative estimate of drug-likeness (QED) is 0.426. The number of rotatable bonds is 5. The van der Waals surface area contributed by atoms with Crippen molar-refractivity contribution in [2.24, 2.45) is 5.10 Å². The number of carbonyl (C=O) groups is 1. The molecule has 4 aromatic rings. The van der Waals surface area contributed by atoms with Gasteiger partial charge in [0.2, 0.25) is 0 Å². The lowest BCUT2D eigenvalue weighted by molar-refractivity contribution is -0.121. The minimum atomic E-state index is -0.160. The van der Waals surface area contributed by atoms with E-state index in [0.717, 1.165) is 33.1 Å². The summed E-state index contributed by atoms with van der Waals surface area (Å²) in [6.07, 6.45) is 1.66. The molecule has 0 bridgehead atoms. The molecule has 3 aromatic carbocycles. The number of hydrazone groups is 1. The fraction of sp³-hybridized carbons (Fsp3) is 0.130. The Bertz CT molecular complexity index is 1100. The first-order valence-electron chi connectivity index (χ1n) is 9.19. The van der Waals surface area contributed by atoms with Gasteiger partial charge in [-0.05, 0) is 29.8 Å². The Hall–Kier alpha value is -3.60. The second-order valence-corrected chi connectivity index (χ2v) is 6.90. The number of carbonyl (C=O) groups excluding carboxylic acids is 1. The van der Waals surface area contributed by atoms with Crippen molar-refractivity contribution in [1.82, 2.24) is 9.99 Å². The van der Waals surface area contributed by atoms with Crippen molar-refractivity contribution in [2.45, 2.75) is 6.54 Å². The average Bonchev–Trinajstić information content (AvgIpc) is 3.03. The summed E-state index contributed by atoms with van der Waals surface area (Å²) in [6.45, 7) is 0.213. The van der Waals surface area contributed by atoms with Crippen molar-refractivity contribution >= 4 is 39.6 Å². The number of nitrogens with one attached hydrogen (secondary N) is 1. The zero-order valence-electron chi connectivity index (χ0n) is 16.0. The summed E-state index contributed by atoms with van der Waals surface area (Å²) in [5, 5.41) is 6.40. The second kappa shape index (κ2) is 7.56. The minimum absolute atomic E-state index is 0.160. The van der Waals surface area contributed by atoms with Crippen molar-refractivity contribution in [3.63, 3.8) is 0 Å². The highest BCUT2D eigenvalue weighted by atomic mass is 16.2. The molecule has 1 aromatic heterocycles. The van der Waals surface area contributed by atoms with Gasteiger partial charge in [0.05, 0.1) is 6.21 Å². The van der Waals surface area contributed by atoms with Crippen LogP contribution in [0, 0.1) is 0 Å². The van der Waals surface area contributed by atoms with E-state index >= 15 is 0 Å². The van der Waals surface area contributed by atoms with E-state index < -0.39 is 0 Å². The van der Waals surface area contributed by atoms with Crippen molar-refractivity contribution in [2.75, 3.05) is 19.0 Å². The molecule has 5 nitrogen and oxygen atoms in total. The van der Waals surface area contributed by atoms with Crippen LogP contribution in [-0.2, 0) is 11.3 Å². The van der Waals surface area contributed by atoms with Crippen LogP contribution in [0.1, 0.15) is 5.56 Å². The molecule has 0 spiro atoms. The van der Waals surface area contributed by atoms with Gasteiger partial charge in [-0.1, -0.05) is 48.5 Å². The second-order valence-electron chi connectivity index (χ2n) is 6.90. The van der Waals surface area contributed by atoms with E-state index in [-0.39, 0.29) is 12.5 Å². The van der Waals surface area contributed by atoms with Gasteiger partial charge in [-0.2, -0.15) is 5.10 Å². The predicted octanol–water partition coefficient (Wildman–Crippen LogP) is 4.01. The van der Waals surface area contributed by atoms with Gasteiger partial charge < -0.3 is 9.47 Å². The van der Waals surface area contributed by atoms with Crippen LogP contribution in [-0.4, -0.2) is 30.8 Å². The summed E-state index contributed by atoms with van der Waals surface area (Å²) in [6, 6.07) is 24.2. The third-order valence-corrected chi connectivity index (χ3v) is 4.79. The molecule has 28 heavy (non-hydrogen) atoms. The van der Waals surface area contributed by atoms with E-state index in [1.165, 1.54) is 0 Å². The monoisotopic (exact) mass is 370 g/mol. The zero-order chi connectivity index (χ0) is 19.5. The first kappa shape index (κ1) is 17.8. The van der Waals surface area contributed by atoms with E-state index in [4.69, 9.17) is 0 Å². The third kappa shape index (κ3) is 3.47. The standard InChI is InChI=1S/C23H22N4O/c1-26(2)18-13-11-17(12-14-18)15-24-25-23(28)16-27-21-9-5-3-7-19(21)20-8-4-6-10-22(20)27/h3-15H,16H2,1-2H3,(H,25,28). The molecule has 0 aliphatic rings. The molecule has 5 heteroatoms. The molecule has 1 amide bonds. The predicted molar refractivity (Wildman–Crippen MR) is 116 cm³/mol. The maximum Gasteiger partial charge on any atom is 0.260 e. The number of anilines is 1. The van der Waals surface area contributed by atoms with Gasteiger partial charge >= 0.3 is 0 Å². The molecule has 0 aliphatic carbocycles. The van der Waals surface area contributed by atoms with Crippen LogP contribution < -0.4 is 10.3 Å². The molecule has 0 unspecified atom stereocenters. The van der Waals surface area contributed by atoms with Crippen molar-refractivity contribution < 1.29 is 4.79 Å². The summed E-state index contributed by atoms with van der Waals surface area (Å²) in [5.41, 5.74) is 6.77. The minimum Gasteiger partial charge on any atom is -0.378 e. The number of amides is 1. The fourth-order valence-electron chi connectivity index (χ4n) is 3.39. The highest BCUT2D eigenvalue weighted by Gasteiger charge is 2.12. The highest BCUT2D eigenvalue weighted by Crippen LogP contribution is 2.28. The fourth-order valence-corrected chi connectivity index (χ4v) is 3.39. The van der Waals surface area contributed by atoms with Crippen molar-refractivity contribution in [3.05, 3.63) is 78.4 Å². The molecular formula is C23H22N4O. The van der Waals surface area contributed by atoms with Crippen molar-refractivity contribution in [1.29, 1.82) is 0 Å². The SMILES string of the molecule is CN(C)c1ccc(C=NNC(=O)Cn2c3ccccc3c3ccccc32)cc1. The summed E-state index contributed by atoms with van der Waals surface area (Å²) in [7, 11) is 4.00. The van der Waals surface area contributed by atoms with Gasteiger partial charge in [0.1, 0.15) is 6.54 Å². The van der Waals surface area contributed by atoms with Gasteiger partial charge in [-0.15, -0.1) is 0 Å². The smallest absolute Gasteiger partial charge is 0.260 e. The summed E-state index contributed by atoms with van der Waals surface area (Å²) < 4.78 is 2.03. The number of fused-ring (bicyclic) bond motifs is 3. The number of hydrogen-bond donors (Lipinski definition) is 1. The van der Waals surface area contributed by atoms with E-state index in [2.05, 4.69) is 22.7 Å². The summed E-state index contributed by atoms with van der Waals surface area (Å²) >= 11 is 0. The van der Waals surface area contributed by atoms with Crippen LogP contribution in [0.5, 0.6) is 0 Å². The number of nitrogens with zero attached hydrogens (tertiary/aromatic N) is 3. The number of para-hydroxylation sites is 2. The molecule has 0 saturated heterocycles. The lowest BCUT2D eigenvalue weighted by Crippen LogP contribution is -2.23. The van der Waals surface area contributed by atoms with Gasteiger partial charge in [0, 0.05) is 41.6 Å².